The maximum Gasteiger partial charge on any atom is 0.213 e. The van der Waals surface area contributed by atoms with E-state index in [4.69, 9.17) is 16.3 Å². The van der Waals surface area contributed by atoms with Gasteiger partial charge < -0.3 is 21.2 Å². The van der Waals surface area contributed by atoms with Crippen molar-refractivity contribution in [1.29, 1.82) is 0 Å². The largest absolute Gasteiger partial charge is 0.383 e. The van der Waals surface area contributed by atoms with E-state index in [-0.39, 0.29) is 0 Å². The molecule has 0 saturated heterocycles. The van der Waals surface area contributed by atoms with Crippen molar-refractivity contribution in [1.82, 2.24) is 4.90 Å². The molecule has 5 heteroatoms. The van der Waals surface area contributed by atoms with E-state index in [1.54, 1.807) is 7.11 Å². The third-order valence-corrected chi connectivity index (χ3v) is 1.40. The average Bonchev–Trinajstić information content (AvgIpc) is 2.05. The van der Waals surface area contributed by atoms with Crippen molar-refractivity contribution in [3.8, 4) is 0 Å². The smallest absolute Gasteiger partial charge is 0.213 e. The van der Waals surface area contributed by atoms with Crippen LogP contribution in [0.5, 0.6) is 0 Å². The molecule has 4 N–H and O–H groups in total. The summed E-state index contributed by atoms with van der Waals surface area (Å²) in [5.41, 5.74) is 5.46. The molecule has 0 aliphatic carbocycles. The van der Waals surface area contributed by atoms with Gasteiger partial charge in [0.1, 0.15) is 0 Å². The molecule has 0 bridgehead atoms. The molecule has 11 heavy (non-hydrogen) atoms. The molecule has 0 atom stereocenters. The quantitative estimate of drug-likeness (QED) is 0.243. The summed E-state index contributed by atoms with van der Waals surface area (Å²) in [5.74, 6) is 5.35. The second-order valence-electron chi connectivity index (χ2n) is 2.06. The molecule has 5 nitrogen and oxygen atoms in total. The molecule has 0 amide bonds. The Hall–Kier alpha value is -0.970. The minimum absolute atomic E-state index is 0.351. The summed E-state index contributed by atoms with van der Waals surface area (Å²) in [6.07, 6.45) is 0. The molecule has 0 rings (SSSR count). The first-order chi connectivity index (χ1) is 5.26. The molecule has 0 aliphatic rings. The highest BCUT2D eigenvalue weighted by Gasteiger charge is 2.02. The third kappa shape index (κ3) is 3.67. The fourth-order valence-electron chi connectivity index (χ4n) is 0.718. The highest BCUT2D eigenvalue weighted by atomic mass is 16.5. The van der Waals surface area contributed by atoms with Crippen LogP contribution in [-0.4, -0.2) is 37.7 Å². The SMILES string of the molecule is CCN(CCOC)C(N)=NN. The van der Waals surface area contributed by atoms with Crippen LogP contribution >= 0.6 is 0 Å². The lowest BCUT2D eigenvalue weighted by Crippen LogP contribution is -2.39. The van der Waals surface area contributed by atoms with Crippen LogP contribution in [0.1, 0.15) is 6.92 Å². The van der Waals surface area contributed by atoms with Crippen molar-refractivity contribution in [2.45, 2.75) is 6.92 Å². The lowest BCUT2D eigenvalue weighted by atomic mass is 10.5. The van der Waals surface area contributed by atoms with E-state index < -0.39 is 0 Å². The molecular weight excluding hydrogens is 144 g/mol. The molecule has 0 aromatic rings. The van der Waals surface area contributed by atoms with E-state index in [0.29, 0.717) is 12.6 Å². The molecule has 0 heterocycles. The van der Waals surface area contributed by atoms with Gasteiger partial charge in [-0.15, -0.1) is 5.10 Å². The van der Waals surface area contributed by atoms with Crippen molar-refractivity contribution in [3.63, 3.8) is 0 Å². The van der Waals surface area contributed by atoms with Gasteiger partial charge in [-0.1, -0.05) is 0 Å². The highest BCUT2D eigenvalue weighted by molar-refractivity contribution is 5.77. The Balaban J connectivity index is 3.75. The number of hydrogen-bond donors (Lipinski definition) is 2. The Morgan fingerprint density at radius 3 is 2.64 bits per heavy atom. The van der Waals surface area contributed by atoms with Crippen LogP contribution in [-0.2, 0) is 4.74 Å². The van der Waals surface area contributed by atoms with E-state index in [1.807, 2.05) is 11.8 Å². The first-order valence-corrected chi connectivity index (χ1v) is 3.53. The van der Waals surface area contributed by atoms with Crippen LogP contribution in [0.15, 0.2) is 5.10 Å². The van der Waals surface area contributed by atoms with E-state index in [2.05, 4.69) is 5.10 Å². The van der Waals surface area contributed by atoms with Gasteiger partial charge in [0.25, 0.3) is 0 Å². The lowest BCUT2D eigenvalue weighted by Gasteiger charge is -2.19. The molecule has 0 spiro atoms. The van der Waals surface area contributed by atoms with Gasteiger partial charge in [0.2, 0.25) is 5.96 Å². The molecular formula is C6H16N4O. The van der Waals surface area contributed by atoms with Gasteiger partial charge in [-0.25, -0.2) is 0 Å². The minimum atomic E-state index is 0.351. The summed E-state index contributed by atoms with van der Waals surface area (Å²) >= 11 is 0. The molecule has 0 saturated carbocycles. The van der Waals surface area contributed by atoms with Crippen molar-refractivity contribution >= 4 is 5.96 Å². The number of hydrazone groups is 1. The van der Waals surface area contributed by atoms with Gasteiger partial charge in [-0.3, -0.25) is 0 Å². The van der Waals surface area contributed by atoms with Crippen molar-refractivity contribution < 1.29 is 4.74 Å². The minimum Gasteiger partial charge on any atom is -0.383 e. The first kappa shape index (κ1) is 10.0. The number of nitrogens with two attached hydrogens (primary N) is 2. The predicted octanol–water partition coefficient (Wildman–Crippen LogP) is -0.857. The van der Waals surface area contributed by atoms with E-state index in [1.165, 1.54) is 0 Å². The zero-order chi connectivity index (χ0) is 8.69. The van der Waals surface area contributed by atoms with Crippen molar-refractivity contribution in [3.05, 3.63) is 0 Å². The number of rotatable bonds is 4. The molecule has 0 radical (unpaired) electrons. The summed E-state index contributed by atoms with van der Waals surface area (Å²) in [7, 11) is 1.64. The maximum absolute atomic E-state index is 5.46. The number of ether oxygens (including phenoxy) is 1. The Kier molecular flexibility index (Phi) is 5.28. The second-order valence-corrected chi connectivity index (χ2v) is 2.06. The van der Waals surface area contributed by atoms with Crippen LogP contribution in [0.4, 0.5) is 0 Å². The van der Waals surface area contributed by atoms with Crippen LogP contribution in [0.2, 0.25) is 0 Å². The Morgan fingerprint density at radius 2 is 2.27 bits per heavy atom. The molecule has 66 valence electrons. The zero-order valence-electron chi connectivity index (χ0n) is 7.08. The summed E-state index contributed by atoms with van der Waals surface area (Å²) < 4.78 is 4.88. The highest BCUT2D eigenvalue weighted by Crippen LogP contribution is 1.85. The van der Waals surface area contributed by atoms with Crippen LogP contribution in [0.3, 0.4) is 0 Å². The van der Waals surface area contributed by atoms with Gasteiger partial charge >= 0.3 is 0 Å². The summed E-state index contributed by atoms with van der Waals surface area (Å²) in [6.45, 7) is 4.12. The van der Waals surface area contributed by atoms with Crippen molar-refractivity contribution in [2.24, 2.45) is 16.7 Å². The fraction of sp³-hybridized carbons (Fsp3) is 0.833. The monoisotopic (exact) mass is 160 g/mol. The van der Waals surface area contributed by atoms with E-state index in [9.17, 15) is 0 Å². The van der Waals surface area contributed by atoms with Crippen LogP contribution < -0.4 is 11.6 Å². The van der Waals surface area contributed by atoms with Crippen LogP contribution in [0, 0.1) is 0 Å². The molecule has 0 aliphatic heterocycles. The molecule has 0 aromatic heterocycles. The van der Waals surface area contributed by atoms with Crippen molar-refractivity contribution in [2.75, 3.05) is 26.8 Å². The molecule has 0 aromatic carbocycles. The number of nitrogens with zero attached hydrogens (tertiary/aromatic N) is 2. The maximum atomic E-state index is 5.46. The molecule has 0 unspecified atom stereocenters. The topological polar surface area (TPSA) is 76.9 Å². The second kappa shape index (κ2) is 5.79. The fourth-order valence-corrected chi connectivity index (χ4v) is 0.718. The van der Waals surface area contributed by atoms with E-state index in [0.717, 1.165) is 13.1 Å². The lowest BCUT2D eigenvalue weighted by molar-refractivity contribution is 0.177. The van der Waals surface area contributed by atoms with Gasteiger partial charge in [0, 0.05) is 20.2 Å². The normalized spacial score (nSPS) is 11.6. The number of hydrogen-bond acceptors (Lipinski definition) is 3. The summed E-state index contributed by atoms with van der Waals surface area (Å²) in [4.78, 5) is 1.84. The predicted molar refractivity (Wildman–Crippen MR) is 44.9 cm³/mol. The van der Waals surface area contributed by atoms with Gasteiger partial charge in [-0.05, 0) is 6.92 Å². The summed E-state index contributed by atoms with van der Waals surface area (Å²) in [6, 6.07) is 0. The van der Waals surface area contributed by atoms with Gasteiger partial charge in [0.15, 0.2) is 0 Å². The molecule has 0 fully saturated rings. The standard InChI is InChI=1S/C6H16N4O/c1-3-10(4-5-11-2)6(7)9-8/h3-5,8H2,1-2H3,(H2,7,9). The third-order valence-electron chi connectivity index (χ3n) is 1.40. The summed E-state index contributed by atoms with van der Waals surface area (Å²) in [5, 5.41) is 3.38. The number of likely N-dealkylation sites (N-methyl/N-ethyl adjacent to an activating group) is 1. The Labute approximate surface area is 67.0 Å². The van der Waals surface area contributed by atoms with Gasteiger partial charge in [0.05, 0.1) is 6.61 Å². The van der Waals surface area contributed by atoms with E-state index >= 15 is 0 Å². The Morgan fingerprint density at radius 1 is 1.64 bits per heavy atom. The van der Waals surface area contributed by atoms with Gasteiger partial charge in [-0.2, -0.15) is 0 Å². The number of guanidine groups is 1. The zero-order valence-corrected chi connectivity index (χ0v) is 7.08. The van der Waals surface area contributed by atoms with Crippen LogP contribution in [0.25, 0.3) is 0 Å². The first-order valence-electron chi connectivity index (χ1n) is 3.53. The number of methoxy groups -OCH3 is 1. The average molecular weight is 160 g/mol. The Bertz CT molecular complexity index is 126.